The average Bonchev–Trinajstić information content (AvgIpc) is 2.84. The van der Waals surface area contributed by atoms with E-state index >= 15 is 0 Å². The Balaban J connectivity index is 2.46. The Morgan fingerprint density at radius 2 is 2.14 bits per heavy atom. The minimum absolute atomic E-state index is 0.149. The van der Waals surface area contributed by atoms with Gasteiger partial charge >= 0.3 is 0 Å². The van der Waals surface area contributed by atoms with E-state index in [9.17, 15) is 13.2 Å². The Bertz CT molecular complexity index is 678. The summed E-state index contributed by atoms with van der Waals surface area (Å²) in [6, 6.07) is 2.80. The molecule has 0 saturated carbocycles. The van der Waals surface area contributed by atoms with Crippen LogP contribution in [-0.2, 0) is 9.05 Å². The van der Waals surface area contributed by atoms with E-state index in [-0.39, 0.29) is 31.9 Å². The Morgan fingerprint density at radius 1 is 1.48 bits per heavy atom. The quantitative estimate of drug-likeness (QED) is 0.701. The third kappa shape index (κ3) is 3.55. The van der Waals surface area contributed by atoms with Crippen molar-refractivity contribution in [2.24, 2.45) is 0 Å². The van der Waals surface area contributed by atoms with Crippen molar-refractivity contribution in [3.63, 3.8) is 0 Å². The second-order valence-corrected chi connectivity index (χ2v) is 8.70. The predicted octanol–water partition coefficient (Wildman–Crippen LogP) is 4.04. The summed E-state index contributed by atoms with van der Waals surface area (Å²) in [7, 11) is 1.43. The van der Waals surface area contributed by atoms with Crippen LogP contribution in [0.3, 0.4) is 0 Å². The molecule has 1 heterocycles. The van der Waals surface area contributed by atoms with Gasteiger partial charge in [0.05, 0.1) is 15.5 Å². The van der Waals surface area contributed by atoms with E-state index in [0.717, 1.165) is 19.3 Å². The molecule has 1 aromatic carbocycles. The number of halogens is 3. The van der Waals surface area contributed by atoms with Crippen LogP contribution in [0.1, 0.15) is 36.5 Å². The Labute approximate surface area is 142 Å². The van der Waals surface area contributed by atoms with Crippen LogP contribution in [-0.4, -0.2) is 31.8 Å². The molecule has 0 aliphatic carbocycles. The van der Waals surface area contributed by atoms with E-state index in [1.165, 1.54) is 12.1 Å². The van der Waals surface area contributed by atoms with Crippen LogP contribution in [0, 0.1) is 0 Å². The van der Waals surface area contributed by atoms with Crippen molar-refractivity contribution in [2.75, 3.05) is 6.54 Å². The largest absolute Gasteiger partial charge is 0.336 e. The monoisotopic (exact) mass is 413 g/mol. The molecule has 1 amide bonds. The molecule has 1 aliphatic heterocycles. The standard InChI is InChI=1S/C13H14BrCl2NO3S/c1-2-8-4-3-5-17(8)13(18)9-6-12(21(16,19)20)10(14)7-11(9)15/h6-8H,2-5H2,1H3. The molecular weight excluding hydrogens is 401 g/mol. The molecule has 0 aromatic heterocycles. The number of carbonyl (C=O) groups excluding carboxylic acids is 1. The van der Waals surface area contributed by atoms with E-state index in [0.29, 0.717) is 6.54 Å². The summed E-state index contributed by atoms with van der Waals surface area (Å²) in [6.45, 7) is 2.68. The van der Waals surface area contributed by atoms with Gasteiger partial charge in [0.15, 0.2) is 0 Å². The highest BCUT2D eigenvalue weighted by Crippen LogP contribution is 2.33. The van der Waals surface area contributed by atoms with Crippen molar-refractivity contribution in [2.45, 2.75) is 37.1 Å². The topological polar surface area (TPSA) is 54.5 Å². The maximum atomic E-state index is 12.6. The zero-order valence-corrected chi connectivity index (χ0v) is 15.2. The molecule has 4 nitrogen and oxygen atoms in total. The van der Waals surface area contributed by atoms with Gasteiger partial charge in [-0.15, -0.1) is 0 Å². The number of hydrogen-bond donors (Lipinski definition) is 0. The van der Waals surface area contributed by atoms with Gasteiger partial charge in [-0.3, -0.25) is 4.79 Å². The number of rotatable bonds is 3. The van der Waals surface area contributed by atoms with Gasteiger partial charge in [0.25, 0.3) is 15.0 Å². The lowest BCUT2D eigenvalue weighted by atomic mass is 10.1. The fraction of sp³-hybridized carbons (Fsp3) is 0.462. The number of carbonyl (C=O) groups is 1. The lowest BCUT2D eigenvalue weighted by molar-refractivity contribution is 0.0733. The highest BCUT2D eigenvalue weighted by molar-refractivity contribution is 9.10. The fourth-order valence-electron chi connectivity index (χ4n) is 2.56. The normalized spacial score (nSPS) is 19.0. The second-order valence-electron chi connectivity index (χ2n) is 4.90. The molecule has 1 aromatic rings. The molecule has 0 radical (unpaired) electrons. The Hall–Kier alpha value is -0.300. The number of nitrogens with zero attached hydrogens (tertiary/aromatic N) is 1. The van der Waals surface area contributed by atoms with E-state index in [1.54, 1.807) is 4.90 Å². The number of amides is 1. The highest BCUT2D eigenvalue weighted by atomic mass is 79.9. The first kappa shape index (κ1) is 17.1. The van der Waals surface area contributed by atoms with Crippen LogP contribution < -0.4 is 0 Å². The van der Waals surface area contributed by atoms with Gasteiger partial charge < -0.3 is 4.90 Å². The van der Waals surface area contributed by atoms with Crippen molar-refractivity contribution in [1.29, 1.82) is 0 Å². The van der Waals surface area contributed by atoms with Crippen LogP contribution in [0.5, 0.6) is 0 Å². The van der Waals surface area contributed by atoms with Crippen LogP contribution in [0.25, 0.3) is 0 Å². The van der Waals surface area contributed by atoms with Crippen molar-refractivity contribution >= 4 is 53.2 Å². The third-order valence-electron chi connectivity index (χ3n) is 3.62. The van der Waals surface area contributed by atoms with Crippen LogP contribution >= 0.6 is 38.2 Å². The minimum atomic E-state index is -3.95. The Kier molecular flexibility index (Phi) is 5.23. The molecule has 1 aliphatic rings. The number of benzene rings is 1. The van der Waals surface area contributed by atoms with Gasteiger partial charge in [-0.1, -0.05) is 18.5 Å². The molecule has 1 atom stereocenters. The minimum Gasteiger partial charge on any atom is -0.336 e. The summed E-state index contributed by atoms with van der Waals surface area (Å²) in [6.07, 6.45) is 2.76. The van der Waals surface area contributed by atoms with Gasteiger partial charge in [-0.05, 0) is 47.3 Å². The molecule has 116 valence electrons. The lowest BCUT2D eigenvalue weighted by Gasteiger charge is -2.24. The van der Waals surface area contributed by atoms with E-state index in [4.69, 9.17) is 22.3 Å². The van der Waals surface area contributed by atoms with E-state index in [2.05, 4.69) is 15.9 Å². The lowest BCUT2D eigenvalue weighted by Crippen LogP contribution is -2.35. The third-order valence-corrected chi connectivity index (χ3v) is 6.22. The molecule has 0 spiro atoms. The van der Waals surface area contributed by atoms with Crippen molar-refractivity contribution < 1.29 is 13.2 Å². The average molecular weight is 415 g/mol. The summed E-state index contributed by atoms with van der Waals surface area (Å²) in [5.74, 6) is -0.251. The SMILES string of the molecule is CCC1CCCN1C(=O)c1cc(S(=O)(=O)Cl)c(Br)cc1Cl. The summed E-state index contributed by atoms with van der Waals surface area (Å²) < 4.78 is 23.3. The van der Waals surface area contributed by atoms with Crippen molar-refractivity contribution in [1.82, 2.24) is 4.90 Å². The molecule has 0 N–H and O–H groups in total. The molecule has 0 bridgehead atoms. The summed E-state index contributed by atoms with van der Waals surface area (Å²) in [5, 5.41) is 0.206. The van der Waals surface area contributed by atoms with Gasteiger partial charge in [0.2, 0.25) is 0 Å². The predicted molar refractivity (Wildman–Crippen MR) is 86.5 cm³/mol. The number of likely N-dealkylation sites (tertiary alicyclic amines) is 1. The molecule has 1 unspecified atom stereocenters. The van der Waals surface area contributed by atoms with Gasteiger partial charge in [-0.2, -0.15) is 0 Å². The van der Waals surface area contributed by atoms with Gasteiger partial charge in [0.1, 0.15) is 0 Å². The smallest absolute Gasteiger partial charge is 0.262 e. The molecule has 1 fully saturated rings. The zero-order valence-electron chi connectivity index (χ0n) is 11.3. The summed E-state index contributed by atoms with van der Waals surface area (Å²) in [4.78, 5) is 14.2. The fourth-order valence-corrected chi connectivity index (χ4v) is 5.13. The molecule has 1 saturated heterocycles. The first-order valence-electron chi connectivity index (χ1n) is 6.50. The maximum absolute atomic E-state index is 12.6. The second kappa shape index (κ2) is 6.44. The first-order chi connectivity index (χ1) is 9.75. The Morgan fingerprint density at radius 3 is 2.71 bits per heavy atom. The maximum Gasteiger partial charge on any atom is 0.262 e. The highest BCUT2D eigenvalue weighted by Gasteiger charge is 2.30. The molecular formula is C13H14BrCl2NO3S. The van der Waals surface area contributed by atoms with Crippen LogP contribution in [0.4, 0.5) is 0 Å². The van der Waals surface area contributed by atoms with Gasteiger partial charge in [0, 0.05) is 27.7 Å². The molecule has 2 rings (SSSR count). The molecule has 8 heteroatoms. The molecule has 21 heavy (non-hydrogen) atoms. The van der Waals surface area contributed by atoms with Gasteiger partial charge in [-0.25, -0.2) is 8.42 Å². The number of hydrogen-bond acceptors (Lipinski definition) is 3. The van der Waals surface area contributed by atoms with Crippen molar-refractivity contribution in [3.05, 3.63) is 27.2 Å². The zero-order chi connectivity index (χ0) is 15.8. The summed E-state index contributed by atoms with van der Waals surface area (Å²) in [5.41, 5.74) is 0.166. The first-order valence-corrected chi connectivity index (χ1v) is 9.98. The van der Waals surface area contributed by atoms with Crippen molar-refractivity contribution in [3.8, 4) is 0 Å². The van der Waals surface area contributed by atoms with Crippen LogP contribution in [0.15, 0.2) is 21.5 Å². The summed E-state index contributed by atoms with van der Waals surface area (Å²) >= 11 is 9.20. The van der Waals surface area contributed by atoms with E-state index in [1.807, 2.05) is 6.92 Å². The van der Waals surface area contributed by atoms with E-state index < -0.39 is 9.05 Å². The van der Waals surface area contributed by atoms with Crippen LogP contribution in [0.2, 0.25) is 5.02 Å².